The molecule has 0 spiro atoms. The maximum absolute atomic E-state index is 2.65. The number of likely N-dealkylation sites (tertiary alicyclic amines) is 1. The van der Waals surface area contributed by atoms with Crippen LogP contribution in [0.5, 0.6) is 0 Å². The molecule has 1 fully saturated rings. The van der Waals surface area contributed by atoms with E-state index >= 15 is 0 Å². The largest absolute Gasteiger partial charge is 0.298 e. The summed E-state index contributed by atoms with van der Waals surface area (Å²) in [6.45, 7) is 8.33. The van der Waals surface area contributed by atoms with E-state index in [1.165, 1.54) is 38.6 Å². The predicted octanol–water partition coefficient (Wildman–Crippen LogP) is 3.05. The molecule has 0 radical (unpaired) electrons. The summed E-state index contributed by atoms with van der Waals surface area (Å²) in [7, 11) is 0. The third kappa shape index (κ3) is 2.78. The van der Waals surface area contributed by atoms with Crippen molar-refractivity contribution in [3.05, 3.63) is 0 Å². The summed E-state index contributed by atoms with van der Waals surface area (Å²) < 4.78 is 0. The maximum Gasteiger partial charge on any atom is 0.00696 e. The molecule has 0 aliphatic carbocycles. The van der Waals surface area contributed by atoms with Gasteiger partial charge in [-0.3, -0.25) is 4.90 Å². The van der Waals surface area contributed by atoms with E-state index in [0.717, 1.165) is 12.1 Å². The van der Waals surface area contributed by atoms with Crippen molar-refractivity contribution in [1.82, 2.24) is 4.90 Å². The molecule has 1 heterocycles. The Morgan fingerprint density at radius 3 is 2.42 bits per heavy atom. The molecule has 72 valence electrons. The highest BCUT2D eigenvalue weighted by Gasteiger charge is 2.17. The lowest BCUT2D eigenvalue weighted by Gasteiger charge is -2.34. The first kappa shape index (κ1) is 10.0. The Morgan fingerprint density at radius 2 is 1.75 bits per heavy atom. The van der Waals surface area contributed by atoms with Gasteiger partial charge in [0.05, 0.1) is 0 Å². The predicted molar refractivity (Wildman–Crippen MR) is 54.4 cm³/mol. The lowest BCUT2D eigenvalue weighted by molar-refractivity contribution is 0.141. The number of nitrogens with zero attached hydrogens (tertiary/aromatic N) is 1. The zero-order chi connectivity index (χ0) is 8.97. The lowest BCUT2D eigenvalue weighted by atomic mass is 10.0. The molecule has 0 saturated carbocycles. The molecule has 1 heteroatoms. The molecular formula is C11H23N. The quantitative estimate of drug-likeness (QED) is 0.583. The lowest BCUT2D eigenvalue weighted by Crippen LogP contribution is -2.40. The monoisotopic (exact) mass is 169 g/mol. The van der Waals surface area contributed by atoms with Gasteiger partial charge in [-0.1, -0.05) is 19.3 Å². The van der Waals surface area contributed by atoms with Gasteiger partial charge >= 0.3 is 0 Å². The number of rotatable bonds is 1. The van der Waals surface area contributed by atoms with E-state index < -0.39 is 0 Å². The molecule has 0 unspecified atom stereocenters. The van der Waals surface area contributed by atoms with Gasteiger partial charge in [0.15, 0.2) is 0 Å². The van der Waals surface area contributed by atoms with E-state index in [4.69, 9.17) is 0 Å². The van der Waals surface area contributed by atoms with Crippen LogP contribution in [0.3, 0.4) is 0 Å². The number of hydrogen-bond donors (Lipinski definition) is 0. The molecule has 12 heavy (non-hydrogen) atoms. The first-order valence-corrected chi connectivity index (χ1v) is 5.47. The Labute approximate surface area is 77.1 Å². The second-order valence-corrected chi connectivity index (χ2v) is 4.38. The zero-order valence-corrected chi connectivity index (χ0v) is 8.84. The minimum absolute atomic E-state index is 0.734. The SMILES string of the molecule is CC(C)N1CCCCCC[C@H]1C. The molecule has 0 aromatic carbocycles. The standard InChI is InChI=1S/C11H23N/c1-10(2)12-9-7-5-4-6-8-11(12)3/h10-11H,4-9H2,1-3H3/t11-/m1/s1. The van der Waals surface area contributed by atoms with Crippen LogP contribution in [0.2, 0.25) is 0 Å². The molecule has 1 nitrogen and oxygen atoms in total. The first-order chi connectivity index (χ1) is 5.72. The van der Waals surface area contributed by atoms with Gasteiger partial charge < -0.3 is 0 Å². The minimum atomic E-state index is 0.734. The van der Waals surface area contributed by atoms with Crippen molar-refractivity contribution >= 4 is 0 Å². The van der Waals surface area contributed by atoms with Crippen molar-refractivity contribution in [2.75, 3.05) is 6.54 Å². The van der Waals surface area contributed by atoms with Crippen LogP contribution in [0.15, 0.2) is 0 Å². The van der Waals surface area contributed by atoms with E-state index in [1.54, 1.807) is 0 Å². The molecule has 1 atom stereocenters. The minimum Gasteiger partial charge on any atom is -0.298 e. The molecule has 1 aliphatic rings. The van der Waals surface area contributed by atoms with Gasteiger partial charge in [0.2, 0.25) is 0 Å². The fourth-order valence-electron chi connectivity index (χ4n) is 2.24. The van der Waals surface area contributed by atoms with E-state index in [1.807, 2.05) is 0 Å². The highest BCUT2D eigenvalue weighted by atomic mass is 15.2. The van der Waals surface area contributed by atoms with Gasteiger partial charge in [-0.15, -0.1) is 0 Å². The van der Waals surface area contributed by atoms with Crippen molar-refractivity contribution in [2.45, 2.75) is 65.0 Å². The van der Waals surface area contributed by atoms with Crippen LogP contribution < -0.4 is 0 Å². The maximum atomic E-state index is 2.65. The van der Waals surface area contributed by atoms with E-state index in [2.05, 4.69) is 25.7 Å². The van der Waals surface area contributed by atoms with Crippen LogP contribution in [0, 0.1) is 0 Å². The molecule has 0 amide bonds. The van der Waals surface area contributed by atoms with Crippen LogP contribution in [-0.4, -0.2) is 23.5 Å². The fourth-order valence-corrected chi connectivity index (χ4v) is 2.24. The average Bonchev–Trinajstić information content (AvgIpc) is 1.96. The first-order valence-electron chi connectivity index (χ1n) is 5.47. The Bertz CT molecular complexity index is 120. The smallest absolute Gasteiger partial charge is 0.00696 e. The summed E-state index contributed by atoms with van der Waals surface area (Å²) in [6.07, 6.45) is 7.14. The molecular weight excluding hydrogens is 146 g/mol. The van der Waals surface area contributed by atoms with E-state index in [9.17, 15) is 0 Å². The Hall–Kier alpha value is -0.0400. The molecule has 0 bridgehead atoms. The summed E-state index contributed by atoms with van der Waals surface area (Å²) in [5, 5.41) is 0. The molecule has 0 aromatic heterocycles. The summed E-state index contributed by atoms with van der Waals surface area (Å²) in [5.41, 5.74) is 0. The number of hydrogen-bond acceptors (Lipinski definition) is 1. The summed E-state index contributed by atoms with van der Waals surface area (Å²) >= 11 is 0. The Kier molecular flexibility index (Phi) is 4.07. The third-order valence-corrected chi connectivity index (χ3v) is 3.02. The average molecular weight is 169 g/mol. The molecule has 1 saturated heterocycles. The van der Waals surface area contributed by atoms with Gasteiger partial charge in [0, 0.05) is 12.1 Å². The topological polar surface area (TPSA) is 3.24 Å². The van der Waals surface area contributed by atoms with Crippen molar-refractivity contribution in [3.63, 3.8) is 0 Å². The van der Waals surface area contributed by atoms with E-state index in [0.29, 0.717) is 0 Å². The molecule has 0 aromatic rings. The van der Waals surface area contributed by atoms with E-state index in [-0.39, 0.29) is 0 Å². The van der Waals surface area contributed by atoms with Crippen LogP contribution in [0.25, 0.3) is 0 Å². The normalized spacial score (nSPS) is 28.5. The molecule has 1 aliphatic heterocycles. The summed E-state index contributed by atoms with van der Waals surface area (Å²) in [5.74, 6) is 0. The summed E-state index contributed by atoms with van der Waals surface area (Å²) in [4.78, 5) is 2.65. The molecule has 0 N–H and O–H groups in total. The Morgan fingerprint density at radius 1 is 1.08 bits per heavy atom. The van der Waals surface area contributed by atoms with Crippen molar-refractivity contribution in [1.29, 1.82) is 0 Å². The van der Waals surface area contributed by atoms with Gasteiger partial charge in [-0.05, 0) is 40.2 Å². The third-order valence-electron chi connectivity index (χ3n) is 3.02. The van der Waals surface area contributed by atoms with Crippen LogP contribution in [-0.2, 0) is 0 Å². The highest BCUT2D eigenvalue weighted by molar-refractivity contribution is 4.73. The second-order valence-electron chi connectivity index (χ2n) is 4.38. The zero-order valence-electron chi connectivity index (χ0n) is 8.84. The second kappa shape index (κ2) is 4.86. The Balaban J connectivity index is 2.43. The van der Waals surface area contributed by atoms with Crippen molar-refractivity contribution in [3.8, 4) is 0 Å². The van der Waals surface area contributed by atoms with Crippen molar-refractivity contribution in [2.24, 2.45) is 0 Å². The van der Waals surface area contributed by atoms with Crippen LogP contribution in [0.1, 0.15) is 52.9 Å². The highest BCUT2D eigenvalue weighted by Crippen LogP contribution is 2.17. The molecule has 1 rings (SSSR count). The van der Waals surface area contributed by atoms with Crippen LogP contribution in [0.4, 0.5) is 0 Å². The summed E-state index contributed by atoms with van der Waals surface area (Å²) in [6, 6.07) is 1.54. The van der Waals surface area contributed by atoms with Crippen molar-refractivity contribution < 1.29 is 0 Å². The van der Waals surface area contributed by atoms with Crippen LogP contribution >= 0.6 is 0 Å². The van der Waals surface area contributed by atoms with Gasteiger partial charge in [-0.2, -0.15) is 0 Å². The van der Waals surface area contributed by atoms with Gasteiger partial charge in [-0.25, -0.2) is 0 Å². The fraction of sp³-hybridized carbons (Fsp3) is 1.00. The van der Waals surface area contributed by atoms with Gasteiger partial charge in [0.25, 0.3) is 0 Å². The van der Waals surface area contributed by atoms with Gasteiger partial charge in [0.1, 0.15) is 0 Å².